The maximum atomic E-state index is 5.88. The third-order valence-corrected chi connectivity index (χ3v) is 5.16. The Bertz CT molecular complexity index is 417. The first-order chi connectivity index (χ1) is 11.7. The highest BCUT2D eigenvalue weighted by molar-refractivity contribution is 14.1. The zero-order valence-corrected chi connectivity index (χ0v) is 19.1. The van der Waals surface area contributed by atoms with Gasteiger partial charge in [-0.05, 0) is 83.2 Å². The third kappa shape index (κ3) is 9.62. The van der Waals surface area contributed by atoms with Crippen molar-refractivity contribution in [3.63, 3.8) is 0 Å². The molecule has 24 heavy (non-hydrogen) atoms. The van der Waals surface area contributed by atoms with Crippen molar-refractivity contribution in [1.82, 2.24) is 10.6 Å². The van der Waals surface area contributed by atoms with Crippen molar-refractivity contribution in [2.75, 3.05) is 39.4 Å². The van der Waals surface area contributed by atoms with E-state index in [9.17, 15) is 0 Å². The van der Waals surface area contributed by atoms with Crippen LogP contribution in [0.15, 0.2) is 12.1 Å². The van der Waals surface area contributed by atoms with Crippen LogP contribution in [0.3, 0.4) is 0 Å². The molecule has 0 radical (unpaired) electrons. The third-order valence-electron chi connectivity index (χ3n) is 3.47. The molecule has 0 bridgehead atoms. The van der Waals surface area contributed by atoms with Gasteiger partial charge in [-0.1, -0.05) is 26.7 Å². The summed E-state index contributed by atoms with van der Waals surface area (Å²) in [4.78, 5) is 0. The number of nitrogens with one attached hydrogen (secondary N) is 2. The van der Waals surface area contributed by atoms with E-state index in [-0.39, 0.29) is 0 Å². The number of unbranched alkanes of at least 4 members (excludes halogenated alkanes) is 2. The Kier molecular flexibility index (Phi) is 13.3. The predicted molar refractivity (Wildman–Crippen MR) is 118 cm³/mol. The summed E-state index contributed by atoms with van der Waals surface area (Å²) in [5, 5.41) is 6.78. The first kappa shape index (κ1) is 22.2. The highest BCUT2D eigenvalue weighted by Gasteiger charge is 2.09. The number of hydrogen-bond donors (Lipinski definition) is 2. The second kappa shape index (κ2) is 14.4. The summed E-state index contributed by atoms with van der Waals surface area (Å²) in [6.07, 6.45) is 4.88. The van der Waals surface area contributed by atoms with Gasteiger partial charge in [-0.3, -0.25) is 0 Å². The van der Waals surface area contributed by atoms with Crippen molar-refractivity contribution in [1.29, 1.82) is 0 Å². The SMILES string of the molecule is CCCCNCCOc1cc(I)c(OCCNCCCC)cc1I. The quantitative estimate of drug-likeness (QED) is 0.261. The maximum Gasteiger partial charge on any atom is 0.134 e. The zero-order chi connectivity index (χ0) is 17.6. The van der Waals surface area contributed by atoms with Gasteiger partial charge in [-0.15, -0.1) is 0 Å². The summed E-state index contributed by atoms with van der Waals surface area (Å²) in [6.45, 7) is 9.68. The molecular weight excluding hydrogens is 530 g/mol. The molecule has 6 heteroatoms. The van der Waals surface area contributed by atoms with Crippen LogP contribution in [-0.2, 0) is 0 Å². The van der Waals surface area contributed by atoms with Crippen LogP contribution >= 0.6 is 45.2 Å². The van der Waals surface area contributed by atoms with E-state index in [1.54, 1.807) is 0 Å². The molecule has 138 valence electrons. The minimum absolute atomic E-state index is 0.692. The van der Waals surface area contributed by atoms with Crippen LogP contribution in [0.4, 0.5) is 0 Å². The lowest BCUT2D eigenvalue weighted by atomic mass is 10.3. The van der Waals surface area contributed by atoms with Gasteiger partial charge in [-0.25, -0.2) is 0 Å². The molecule has 0 spiro atoms. The van der Waals surface area contributed by atoms with Crippen molar-refractivity contribution in [3.8, 4) is 11.5 Å². The van der Waals surface area contributed by atoms with Crippen molar-refractivity contribution < 1.29 is 9.47 Å². The standard InChI is InChI=1S/C18H30I2N2O2/c1-3-5-7-21-9-11-23-17-13-16(20)18(14-15(17)19)24-12-10-22-8-6-4-2/h13-14,21-22H,3-12H2,1-2H3. The molecule has 0 saturated carbocycles. The Hall–Kier alpha value is 0.200. The Morgan fingerprint density at radius 1 is 0.750 bits per heavy atom. The van der Waals surface area contributed by atoms with Crippen LogP contribution in [0.5, 0.6) is 11.5 Å². The van der Waals surface area contributed by atoms with Crippen molar-refractivity contribution in [2.45, 2.75) is 39.5 Å². The molecule has 1 aromatic rings. The number of benzene rings is 1. The molecule has 0 fully saturated rings. The van der Waals surface area contributed by atoms with E-state index in [1.165, 1.54) is 25.7 Å². The number of ether oxygens (including phenoxy) is 2. The second-order valence-corrected chi connectivity index (χ2v) is 7.94. The topological polar surface area (TPSA) is 42.5 Å². The monoisotopic (exact) mass is 560 g/mol. The normalized spacial score (nSPS) is 10.8. The highest BCUT2D eigenvalue weighted by atomic mass is 127. The Labute approximate surface area is 174 Å². The van der Waals surface area contributed by atoms with E-state index in [0.717, 1.165) is 44.8 Å². The first-order valence-corrected chi connectivity index (χ1v) is 11.0. The molecule has 0 amide bonds. The fourth-order valence-electron chi connectivity index (χ4n) is 2.05. The van der Waals surface area contributed by atoms with Crippen LogP contribution in [0, 0.1) is 7.14 Å². The minimum Gasteiger partial charge on any atom is -0.491 e. The predicted octanol–water partition coefficient (Wildman–Crippen LogP) is 4.43. The van der Waals surface area contributed by atoms with E-state index >= 15 is 0 Å². The zero-order valence-electron chi connectivity index (χ0n) is 14.8. The molecule has 0 unspecified atom stereocenters. The average molecular weight is 560 g/mol. The van der Waals surface area contributed by atoms with Gasteiger partial charge in [0, 0.05) is 13.1 Å². The lowest BCUT2D eigenvalue weighted by Gasteiger charge is -2.13. The molecule has 4 nitrogen and oxygen atoms in total. The molecule has 0 heterocycles. The largest absolute Gasteiger partial charge is 0.491 e. The van der Waals surface area contributed by atoms with E-state index in [2.05, 4.69) is 81.8 Å². The molecular formula is C18H30I2N2O2. The van der Waals surface area contributed by atoms with Crippen molar-refractivity contribution in [3.05, 3.63) is 19.3 Å². The first-order valence-electron chi connectivity index (χ1n) is 8.85. The fourth-order valence-corrected chi connectivity index (χ4v) is 3.24. The summed E-state index contributed by atoms with van der Waals surface area (Å²) in [5.41, 5.74) is 0. The van der Waals surface area contributed by atoms with E-state index in [4.69, 9.17) is 9.47 Å². The van der Waals surface area contributed by atoms with Gasteiger partial charge in [-0.2, -0.15) is 0 Å². The van der Waals surface area contributed by atoms with Crippen LogP contribution in [0.2, 0.25) is 0 Å². The van der Waals surface area contributed by atoms with Crippen molar-refractivity contribution in [2.24, 2.45) is 0 Å². The lowest BCUT2D eigenvalue weighted by Crippen LogP contribution is -2.22. The molecule has 1 aromatic carbocycles. The van der Waals surface area contributed by atoms with Crippen LogP contribution < -0.4 is 20.1 Å². The molecule has 0 aliphatic carbocycles. The van der Waals surface area contributed by atoms with E-state index in [1.807, 2.05) is 0 Å². The maximum absolute atomic E-state index is 5.88. The Balaban J connectivity index is 2.33. The van der Waals surface area contributed by atoms with E-state index < -0.39 is 0 Å². The van der Waals surface area contributed by atoms with Crippen LogP contribution in [-0.4, -0.2) is 39.4 Å². The lowest BCUT2D eigenvalue weighted by molar-refractivity contribution is 0.302. The second-order valence-electron chi connectivity index (χ2n) is 5.62. The number of hydrogen-bond acceptors (Lipinski definition) is 4. The summed E-state index contributed by atoms with van der Waals surface area (Å²) in [5.74, 6) is 1.87. The van der Waals surface area contributed by atoms with Gasteiger partial charge in [0.15, 0.2) is 0 Å². The van der Waals surface area contributed by atoms with Crippen LogP contribution in [0.1, 0.15) is 39.5 Å². The van der Waals surface area contributed by atoms with Gasteiger partial charge in [0.25, 0.3) is 0 Å². The molecule has 0 aromatic heterocycles. The molecule has 0 atom stereocenters. The van der Waals surface area contributed by atoms with Gasteiger partial charge >= 0.3 is 0 Å². The van der Waals surface area contributed by atoms with Crippen molar-refractivity contribution >= 4 is 45.2 Å². The summed E-state index contributed by atoms with van der Waals surface area (Å²) in [6, 6.07) is 4.13. The molecule has 0 saturated heterocycles. The van der Waals surface area contributed by atoms with Gasteiger partial charge in [0.05, 0.1) is 7.14 Å². The smallest absolute Gasteiger partial charge is 0.134 e. The van der Waals surface area contributed by atoms with Crippen LogP contribution in [0.25, 0.3) is 0 Å². The number of halogens is 2. The molecule has 1 rings (SSSR count). The van der Waals surface area contributed by atoms with Gasteiger partial charge < -0.3 is 20.1 Å². The van der Waals surface area contributed by atoms with Gasteiger partial charge in [0.2, 0.25) is 0 Å². The Morgan fingerprint density at radius 3 is 1.54 bits per heavy atom. The number of rotatable bonds is 14. The summed E-state index contributed by atoms with van der Waals surface area (Å²) < 4.78 is 13.9. The highest BCUT2D eigenvalue weighted by Crippen LogP contribution is 2.31. The Morgan fingerprint density at radius 2 is 1.17 bits per heavy atom. The molecule has 2 N–H and O–H groups in total. The minimum atomic E-state index is 0.692. The molecule has 0 aliphatic heterocycles. The molecule has 0 aliphatic rings. The average Bonchev–Trinajstić information content (AvgIpc) is 2.57. The van der Waals surface area contributed by atoms with E-state index in [0.29, 0.717) is 13.2 Å². The fraction of sp³-hybridized carbons (Fsp3) is 0.667. The van der Waals surface area contributed by atoms with Gasteiger partial charge in [0.1, 0.15) is 24.7 Å². The summed E-state index contributed by atoms with van der Waals surface area (Å²) >= 11 is 4.62. The summed E-state index contributed by atoms with van der Waals surface area (Å²) in [7, 11) is 0.